The summed E-state index contributed by atoms with van der Waals surface area (Å²) < 4.78 is 33.1. The van der Waals surface area contributed by atoms with Crippen LogP contribution in [0.3, 0.4) is 0 Å². The predicted molar refractivity (Wildman–Crippen MR) is 121 cm³/mol. The maximum Gasteiger partial charge on any atom is 0.243 e. The molecule has 0 radical (unpaired) electrons. The molecule has 2 aromatic rings. The van der Waals surface area contributed by atoms with Gasteiger partial charge in [0.25, 0.3) is 0 Å². The number of piperidine rings is 1. The Balaban J connectivity index is 1.32. The maximum absolute atomic E-state index is 12.8. The molecule has 2 aliphatic rings. The Bertz CT molecular complexity index is 1010. The highest BCUT2D eigenvalue weighted by atomic mass is 35.5. The van der Waals surface area contributed by atoms with Crippen molar-refractivity contribution < 1.29 is 17.9 Å². The first kappa shape index (κ1) is 22.1. The summed E-state index contributed by atoms with van der Waals surface area (Å²) in [5.41, 5.74) is 0.705. The van der Waals surface area contributed by atoms with E-state index in [0.717, 1.165) is 18.6 Å². The number of carbonyl (C=O) groups is 1. The summed E-state index contributed by atoms with van der Waals surface area (Å²) in [6.45, 7) is 0.627. The van der Waals surface area contributed by atoms with E-state index in [4.69, 9.17) is 16.3 Å². The second kappa shape index (κ2) is 9.59. The average Bonchev–Trinajstić information content (AvgIpc) is 3.27. The Morgan fingerprint density at radius 3 is 2.35 bits per heavy atom. The summed E-state index contributed by atoms with van der Waals surface area (Å²) in [5.74, 6) is 0.464. The molecule has 0 aromatic heterocycles. The Kier molecular flexibility index (Phi) is 6.84. The Morgan fingerprint density at radius 1 is 1.00 bits per heavy atom. The number of nitrogens with one attached hydrogen (secondary N) is 1. The van der Waals surface area contributed by atoms with Crippen LogP contribution in [-0.4, -0.2) is 37.8 Å². The molecule has 4 rings (SSSR count). The molecule has 0 spiro atoms. The van der Waals surface area contributed by atoms with Crippen LogP contribution >= 0.6 is 11.6 Å². The molecule has 0 unspecified atom stereocenters. The van der Waals surface area contributed by atoms with E-state index in [2.05, 4.69) is 5.32 Å². The second-order valence-corrected chi connectivity index (χ2v) is 10.5. The minimum atomic E-state index is -3.58. The zero-order valence-corrected chi connectivity index (χ0v) is 18.9. The van der Waals surface area contributed by atoms with Crippen LogP contribution in [-0.2, 0) is 14.8 Å². The van der Waals surface area contributed by atoms with Gasteiger partial charge >= 0.3 is 0 Å². The number of amides is 1. The highest BCUT2D eigenvalue weighted by molar-refractivity contribution is 7.89. The summed E-state index contributed by atoms with van der Waals surface area (Å²) >= 11 is 5.86. The first-order chi connectivity index (χ1) is 14.9. The van der Waals surface area contributed by atoms with Crippen LogP contribution < -0.4 is 10.1 Å². The third-order valence-electron chi connectivity index (χ3n) is 5.98. The topological polar surface area (TPSA) is 75.7 Å². The molecule has 1 heterocycles. The van der Waals surface area contributed by atoms with E-state index in [9.17, 15) is 13.2 Å². The van der Waals surface area contributed by atoms with Gasteiger partial charge in [-0.05, 0) is 74.9 Å². The monoisotopic (exact) mass is 462 g/mol. The van der Waals surface area contributed by atoms with Crippen LogP contribution in [0.15, 0.2) is 53.4 Å². The number of benzene rings is 2. The maximum atomic E-state index is 12.8. The van der Waals surface area contributed by atoms with Gasteiger partial charge in [-0.25, -0.2) is 8.42 Å². The third-order valence-corrected chi connectivity index (χ3v) is 8.15. The molecule has 2 fully saturated rings. The van der Waals surface area contributed by atoms with Crippen LogP contribution in [0.5, 0.6) is 5.75 Å². The van der Waals surface area contributed by atoms with Gasteiger partial charge in [0.05, 0.1) is 11.0 Å². The van der Waals surface area contributed by atoms with Crippen molar-refractivity contribution in [1.29, 1.82) is 0 Å². The molecule has 0 atom stereocenters. The smallest absolute Gasteiger partial charge is 0.243 e. The number of rotatable bonds is 6. The number of sulfonamides is 1. The summed E-state index contributed by atoms with van der Waals surface area (Å²) in [6.07, 6.45) is 5.79. The molecule has 2 aromatic carbocycles. The quantitative estimate of drug-likeness (QED) is 0.675. The Labute approximate surface area is 188 Å². The van der Waals surface area contributed by atoms with Gasteiger partial charge < -0.3 is 10.1 Å². The third kappa shape index (κ3) is 5.40. The van der Waals surface area contributed by atoms with Crippen LogP contribution in [0.25, 0.3) is 0 Å². The lowest BCUT2D eigenvalue weighted by Gasteiger charge is -2.30. The van der Waals surface area contributed by atoms with Crippen LogP contribution in [0.1, 0.15) is 38.5 Å². The lowest BCUT2D eigenvalue weighted by molar-refractivity contribution is -0.120. The van der Waals surface area contributed by atoms with Gasteiger partial charge in [-0.1, -0.05) is 17.7 Å². The fourth-order valence-corrected chi connectivity index (χ4v) is 5.80. The van der Waals surface area contributed by atoms with Crippen molar-refractivity contribution in [2.75, 3.05) is 18.4 Å². The Morgan fingerprint density at radius 2 is 1.68 bits per heavy atom. The number of nitrogens with zero attached hydrogens (tertiary/aromatic N) is 1. The van der Waals surface area contributed by atoms with Crippen molar-refractivity contribution in [3.05, 3.63) is 53.6 Å². The lowest BCUT2D eigenvalue weighted by Crippen LogP contribution is -2.41. The Hall–Kier alpha value is -2.09. The van der Waals surface area contributed by atoms with Gasteiger partial charge in [0.1, 0.15) is 5.75 Å². The number of ether oxygens (including phenoxy) is 1. The zero-order chi connectivity index (χ0) is 21.8. The number of anilines is 1. The van der Waals surface area contributed by atoms with Crippen molar-refractivity contribution in [3.8, 4) is 5.75 Å². The van der Waals surface area contributed by atoms with Crippen molar-refractivity contribution in [2.45, 2.75) is 49.5 Å². The van der Waals surface area contributed by atoms with Crippen molar-refractivity contribution in [3.63, 3.8) is 0 Å². The molecular formula is C23H27ClN2O4S. The second-order valence-electron chi connectivity index (χ2n) is 8.17. The number of carbonyl (C=O) groups excluding carboxylic acids is 1. The van der Waals surface area contributed by atoms with E-state index in [0.29, 0.717) is 36.6 Å². The highest BCUT2D eigenvalue weighted by Crippen LogP contribution is 2.28. The van der Waals surface area contributed by atoms with Crippen molar-refractivity contribution in [1.82, 2.24) is 4.31 Å². The molecular weight excluding hydrogens is 436 g/mol. The molecule has 1 N–H and O–H groups in total. The van der Waals surface area contributed by atoms with Crippen LogP contribution in [0.4, 0.5) is 5.69 Å². The average molecular weight is 463 g/mol. The largest absolute Gasteiger partial charge is 0.490 e. The van der Waals surface area contributed by atoms with E-state index < -0.39 is 10.0 Å². The van der Waals surface area contributed by atoms with E-state index in [1.54, 1.807) is 12.1 Å². The molecule has 166 valence electrons. The van der Waals surface area contributed by atoms with Crippen molar-refractivity contribution >= 4 is 33.2 Å². The predicted octanol–water partition coefficient (Wildman–Crippen LogP) is 4.70. The minimum Gasteiger partial charge on any atom is -0.490 e. The molecule has 0 bridgehead atoms. The normalized spacial score (nSPS) is 18.7. The molecule has 1 saturated carbocycles. The minimum absolute atomic E-state index is 0.0819. The molecule has 1 aliphatic heterocycles. The first-order valence-electron chi connectivity index (χ1n) is 10.7. The number of hydrogen-bond donors (Lipinski definition) is 1. The lowest BCUT2D eigenvalue weighted by atomic mass is 9.97. The van der Waals surface area contributed by atoms with Crippen molar-refractivity contribution in [2.24, 2.45) is 5.92 Å². The number of halogens is 1. The van der Waals surface area contributed by atoms with E-state index in [1.165, 1.54) is 29.3 Å². The SMILES string of the molecule is O=C(Nc1cccc(OC2CCCC2)c1)C1CCN(S(=O)(=O)c2ccc(Cl)cc2)CC1. The van der Waals surface area contributed by atoms with E-state index in [1.807, 2.05) is 24.3 Å². The molecule has 1 saturated heterocycles. The van der Waals surface area contributed by atoms with E-state index >= 15 is 0 Å². The zero-order valence-electron chi connectivity index (χ0n) is 17.3. The molecule has 6 nitrogen and oxygen atoms in total. The fraction of sp³-hybridized carbons (Fsp3) is 0.435. The standard InChI is InChI=1S/C23H27ClN2O4S/c24-18-8-10-22(11-9-18)31(28,29)26-14-12-17(13-15-26)23(27)25-19-4-3-7-21(16-19)30-20-5-1-2-6-20/h3-4,7-11,16-17,20H,1-2,5-6,12-15H2,(H,25,27). The van der Waals surface area contributed by atoms with Gasteiger partial charge in [0, 0.05) is 35.8 Å². The molecule has 1 amide bonds. The number of hydrogen-bond acceptors (Lipinski definition) is 4. The molecule has 8 heteroatoms. The summed E-state index contributed by atoms with van der Waals surface area (Å²) in [4.78, 5) is 13.0. The summed E-state index contributed by atoms with van der Waals surface area (Å²) in [5, 5.41) is 3.46. The fourth-order valence-electron chi connectivity index (χ4n) is 4.20. The molecule has 31 heavy (non-hydrogen) atoms. The first-order valence-corrected chi connectivity index (χ1v) is 12.6. The van der Waals surface area contributed by atoms with Gasteiger partial charge in [0.15, 0.2) is 0 Å². The van der Waals surface area contributed by atoms with Gasteiger partial charge in [-0.15, -0.1) is 0 Å². The van der Waals surface area contributed by atoms with Gasteiger partial charge in [-0.2, -0.15) is 4.31 Å². The van der Waals surface area contributed by atoms with Gasteiger partial charge in [-0.3, -0.25) is 4.79 Å². The highest BCUT2D eigenvalue weighted by Gasteiger charge is 2.32. The summed E-state index contributed by atoms with van der Waals surface area (Å²) in [7, 11) is -3.58. The molecule has 1 aliphatic carbocycles. The van der Waals surface area contributed by atoms with Gasteiger partial charge in [0.2, 0.25) is 15.9 Å². The van der Waals surface area contributed by atoms with Crippen LogP contribution in [0, 0.1) is 5.92 Å². The van der Waals surface area contributed by atoms with E-state index in [-0.39, 0.29) is 22.8 Å². The van der Waals surface area contributed by atoms with Crippen LogP contribution in [0.2, 0.25) is 5.02 Å². The summed E-state index contributed by atoms with van der Waals surface area (Å²) in [6, 6.07) is 13.7.